The zero-order valence-corrected chi connectivity index (χ0v) is 10.9. The van der Waals surface area contributed by atoms with Gasteiger partial charge in [0.1, 0.15) is 0 Å². The van der Waals surface area contributed by atoms with Crippen molar-refractivity contribution in [2.24, 2.45) is 0 Å². The highest BCUT2D eigenvalue weighted by Crippen LogP contribution is 2.16. The van der Waals surface area contributed by atoms with E-state index in [1.165, 1.54) is 4.90 Å². The Morgan fingerprint density at radius 1 is 1.29 bits per heavy atom. The summed E-state index contributed by atoms with van der Waals surface area (Å²) in [7, 11) is 0. The van der Waals surface area contributed by atoms with E-state index in [1.807, 2.05) is 6.20 Å². The van der Waals surface area contributed by atoms with Crippen LogP contribution in [-0.2, 0) is 6.54 Å². The molecule has 90 valence electrons. The molecule has 0 fully saturated rings. The Labute approximate surface area is 105 Å². The summed E-state index contributed by atoms with van der Waals surface area (Å²) in [6.07, 6.45) is 4.02. The average Bonchev–Trinajstić information content (AvgIpc) is 2.85. The third-order valence-corrected chi connectivity index (χ3v) is 3.18. The van der Waals surface area contributed by atoms with Gasteiger partial charge in [-0.1, -0.05) is 12.1 Å². The van der Waals surface area contributed by atoms with Gasteiger partial charge < -0.3 is 5.32 Å². The second kappa shape index (κ2) is 5.84. The summed E-state index contributed by atoms with van der Waals surface area (Å²) in [5.41, 5.74) is 2.00. The summed E-state index contributed by atoms with van der Waals surface area (Å²) in [4.78, 5) is 1.25. The fraction of sp³-hybridized carbons (Fsp3) is 0.333. The number of benzene rings is 1. The van der Waals surface area contributed by atoms with Crippen LogP contribution in [0.4, 0.5) is 0 Å². The molecule has 5 heteroatoms. The zero-order chi connectivity index (χ0) is 12.1. The van der Waals surface area contributed by atoms with Crippen molar-refractivity contribution in [2.45, 2.75) is 18.4 Å². The van der Waals surface area contributed by atoms with Crippen LogP contribution in [0.25, 0.3) is 5.69 Å². The first-order valence-electron chi connectivity index (χ1n) is 5.60. The molecule has 0 aliphatic rings. The number of nitrogens with one attached hydrogen (secondary N) is 1. The van der Waals surface area contributed by atoms with Crippen LogP contribution in [0.15, 0.2) is 35.4 Å². The van der Waals surface area contributed by atoms with Crippen molar-refractivity contribution in [1.29, 1.82) is 0 Å². The van der Waals surface area contributed by atoms with E-state index >= 15 is 0 Å². The van der Waals surface area contributed by atoms with Crippen molar-refractivity contribution in [2.75, 3.05) is 12.8 Å². The standard InChI is InChI=1S/C12H16N4S/c1-3-13-8-10-9-16(15-14-10)11-4-6-12(17-2)7-5-11/h4-7,9,13H,3,8H2,1-2H3. The monoisotopic (exact) mass is 248 g/mol. The third-order valence-electron chi connectivity index (χ3n) is 2.43. The number of hydrogen-bond donors (Lipinski definition) is 1. The molecule has 0 bridgehead atoms. The minimum Gasteiger partial charge on any atom is -0.311 e. The Morgan fingerprint density at radius 3 is 2.71 bits per heavy atom. The van der Waals surface area contributed by atoms with Crippen molar-refractivity contribution in [3.8, 4) is 5.69 Å². The van der Waals surface area contributed by atoms with E-state index in [2.05, 4.69) is 53.1 Å². The molecule has 17 heavy (non-hydrogen) atoms. The van der Waals surface area contributed by atoms with E-state index in [4.69, 9.17) is 0 Å². The van der Waals surface area contributed by atoms with Gasteiger partial charge in [-0.15, -0.1) is 16.9 Å². The minimum absolute atomic E-state index is 0.763. The second-order valence-electron chi connectivity index (χ2n) is 3.63. The molecular weight excluding hydrogens is 232 g/mol. The average molecular weight is 248 g/mol. The Bertz CT molecular complexity index is 464. The molecule has 0 aliphatic heterocycles. The molecule has 0 saturated carbocycles. The molecule has 2 rings (SSSR count). The normalized spacial score (nSPS) is 10.7. The lowest BCUT2D eigenvalue weighted by Gasteiger charge is -2.01. The van der Waals surface area contributed by atoms with Gasteiger partial charge >= 0.3 is 0 Å². The SMILES string of the molecule is CCNCc1cn(-c2ccc(SC)cc2)nn1. The van der Waals surface area contributed by atoms with Crippen LogP contribution in [0, 0.1) is 0 Å². The van der Waals surface area contributed by atoms with E-state index in [9.17, 15) is 0 Å². The lowest BCUT2D eigenvalue weighted by atomic mass is 10.3. The second-order valence-corrected chi connectivity index (χ2v) is 4.51. The Hall–Kier alpha value is -1.33. The summed E-state index contributed by atoms with van der Waals surface area (Å²) < 4.78 is 1.80. The first kappa shape index (κ1) is 12.1. The highest BCUT2D eigenvalue weighted by molar-refractivity contribution is 7.98. The quantitative estimate of drug-likeness (QED) is 0.823. The molecule has 0 saturated heterocycles. The molecule has 0 amide bonds. The molecule has 0 unspecified atom stereocenters. The van der Waals surface area contributed by atoms with Crippen molar-refractivity contribution in [3.63, 3.8) is 0 Å². The van der Waals surface area contributed by atoms with E-state index in [0.717, 1.165) is 24.5 Å². The maximum atomic E-state index is 4.12. The predicted octanol–water partition coefficient (Wildman–Crippen LogP) is 2.10. The number of rotatable bonds is 5. The molecule has 0 radical (unpaired) electrons. The van der Waals surface area contributed by atoms with Gasteiger partial charge in [0, 0.05) is 11.4 Å². The summed E-state index contributed by atoms with van der Waals surface area (Å²) in [6.45, 7) is 3.78. The first-order valence-corrected chi connectivity index (χ1v) is 6.82. The van der Waals surface area contributed by atoms with Gasteiger partial charge in [-0.2, -0.15) is 0 Å². The maximum Gasteiger partial charge on any atom is 0.0969 e. The molecule has 0 atom stereocenters. The van der Waals surface area contributed by atoms with Crippen LogP contribution in [0.1, 0.15) is 12.6 Å². The summed E-state index contributed by atoms with van der Waals surface area (Å²) in [5.74, 6) is 0. The van der Waals surface area contributed by atoms with Gasteiger partial charge in [0.15, 0.2) is 0 Å². The van der Waals surface area contributed by atoms with Gasteiger partial charge in [0.25, 0.3) is 0 Å². The topological polar surface area (TPSA) is 42.7 Å². The van der Waals surface area contributed by atoms with Gasteiger partial charge in [0.2, 0.25) is 0 Å². The molecule has 1 aromatic carbocycles. The molecule has 1 N–H and O–H groups in total. The Kier molecular flexibility index (Phi) is 4.17. The Balaban J connectivity index is 2.12. The smallest absolute Gasteiger partial charge is 0.0969 e. The van der Waals surface area contributed by atoms with E-state index in [1.54, 1.807) is 16.4 Å². The minimum atomic E-state index is 0.763. The fourth-order valence-corrected chi connectivity index (χ4v) is 1.90. The van der Waals surface area contributed by atoms with Gasteiger partial charge in [-0.25, -0.2) is 4.68 Å². The van der Waals surface area contributed by atoms with E-state index < -0.39 is 0 Å². The van der Waals surface area contributed by atoms with Crippen LogP contribution in [0.5, 0.6) is 0 Å². The largest absolute Gasteiger partial charge is 0.311 e. The van der Waals surface area contributed by atoms with Crippen molar-refractivity contribution < 1.29 is 0 Å². The molecular formula is C12H16N4S. The number of nitrogens with zero attached hydrogens (tertiary/aromatic N) is 3. The van der Waals surface area contributed by atoms with Gasteiger partial charge in [-0.3, -0.25) is 0 Å². The highest BCUT2D eigenvalue weighted by Gasteiger charge is 2.02. The lowest BCUT2D eigenvalue weighted by molar-refractivity contribution is 0.705. The van der Waals surface area contributed by atoms with E-state index in [0.29, 0.717) is 0 Å². The molecule has 0 aliphatic carbocycles. The summed E-state index contributed by atoms with van der Waals surface area (Å²) >= 11 is 1.73. The Morgan fingerprint density at radius 2 is 2.06 bits per heavy atom. The molecule has 2 aromatic rings. The summed E-state index contributed by atoms with van der Waals surface area (Å²) in [5, 5.41) is 11.5. The van der Waals surface area contributed by atoms with Crippen molar-refractivity contribution in [1.82, 2.24) is 20.3 Å². The summed E-state index contributed by atoms with van der Waals surface area (Å²) in [6, 6.07) is 8.28. The van der Waals surface area contributed by atoms with Crippen molar-refractivity contribution >= 4 is 11.8 Å². The van der Waals surface area contributed by atoms with Crippen LogP contribution < -0.4 is 5.32 Å². The molecule has 1 heterocycles. The molecule has 0 spiro atoms. The predicted molar refractivity (Wildman–Crippen MR) is 70.5 cm³/mol. The molecule has 1 aromatic heterocycles. The van der Waals surface area contributed by atoms with Crippen LogP contribution >= 0.6 is 11.8 Å². The molecule has 4 nitrogen and oxygen atoms in total. The zero-order valence-electron chi connectivity index (χ0n) is 10.1. The highest BCUT2D eigenvalue weighted by atomic mass is 32.2. The van der Waals surface area contributed by atoms with E-state index in [-0.39, 0.29) is 0 Å². The van der Waals surface area contributed by atoms with Crippen LogP contribution in [0.3, 0.4) is 0 Å². The maximum absolute atomic E-state index is 4.12. The first-order chi connectivity index (χ1) is 8.33. The fourth-order valence-electron chi connectivity index (χ4n) is 1.49. The lowest BCUT2D eigenvalue weighted by Crippen LogP contribution is -2.11. The third kappa shape index (κ3) is 3.08. The van der Waals surface area contributed by atoms with Crippen LogP contribution in [-0.4, -0.2) is 27.8 Å². The van der Waals surface area contributed by atoms with Crippen molar-refractivity contribution in [3.05, 3.63) is 36.2 Å². The number of aromatic nitrogens is 3. The number of thioether (sulfide) groups is 1. The van der Waals surface area contributed by atoms with Gasteiger partial charge in [-0.05, 0) is 37.1 Å². The van der Waals surface area contributed by atoms with Crippen LogP contribution in [0.2, 0.25) is 0 Å². The van der Waals surface area contributed by atoms with Gasteiger partial charge in [0.05, 0.1) is 17.6 Å². The number of hydrogen-bond acceptors (Lipinski definition) is 4.